The predicted molar refractivity (Wildman–Crippen MR) is 135 cm³/mol. The second-order valence-corrected chi connectivity index (χ2v) is 9.98. The zero-order valence-corrected chi connectivity index (χ0v) is 19.8. The van der Waals surface area contributed by atoms with Crippen molar-refractivity contribution in [3.63, 3.8) is 0 Å². The molecule has 8 heteroatoms. The van der Waals surface area contributed by atoms with E-state index in [1.807, 2.05) is 72.8 Å². The Morgan fingerprint density at radius 1 is 1.00 bits per heavy atom. The number of hydrogen-bond acceptors (Lipinski definition) is 5. The Balaban J connectivity index is 1.62. The number of aromatic nitrogens is 1. The fourth-order valence-electron chi connectivity index (χ4n) is 3.08. The molecule has 0 saturated carbocycles. The first-order chi connectivity index (χ1) is 15.1. The second-order valence-electron chi connectivity index (χ2n) is 6.62. The number of benzene rings is 3. The van der Waals surface area contributed by atoms with Gasteiger partial charge in [-0.15, -0.1) is 11.3 Å². The number of halogens is 2. The molecule has 0 spiro atoms. The van der Waals surface area contributed by atoms with E-state index in [9.17, 15) is 4.79 Å². The maximum Gasteiger partial charge on any atom is 0.292 e. The van der Waals surface area contributed by atoms with Crippen LogP contribution >= 0.6 is 50.2 Å². The summed E-state index contributed by atoms with van der Waals surface area (Å²) in [6.45, 7) is 0. The molecule has 1 amide bonds. The smallest absolute Gasteiger partial charge is 0.266 e. The molecule has 0 aliphatic rings. The molecule has 0 aliphatic carbocycles. The molecular formula is C23H13BrClN3OS2. The number of amides is 1. The van der Waals surface area contributed by atoms with E-state index in [-0.39, 0.29) is 5.91 Å². The molecule has 2 aromatic heterocycles. The Labute approximate surface area is 199 Å². The van der Waals surface area contributed by atoms with Crippen molar-refractivity contribution in [1.29, 1.82) is 0 Å². The van der Waals surface area contributed by atoms with Crippen molar-refractivity contribution in [2.75, 3.05) is 5.01 Å². The second kappa shape index (κ2) is 8.51. The first kappa shape index (κ1) is 20.3. The highest BCUT2D eigenvalue weighted by Crippen LogP contribution is 2.38. The van der Waals surface area contributed by atoms with Gasteiger partial charge in [-0.3, -0.25) is 4.79 Å². The average molecular weight is 527 g/mol. The van der Waals surface area contributed by atoms with E-state index < -0.39 is 0 Å². The fourth-order valence-corrected chi connectivity index (χ4v) is 5.99. The molecule has 0 radical (unpaired) electrons. The lowest BCUT2D eigenvalue weighted by Crippen LogP contribution is -2.25. The lowest BCUT2D eigenvalue weighted by Gasteiger charge is -2.13. The van der Waals surface area contributed by atoms with Crippen LogP contribution in [0.15, 0.2) is 82.4 Å². The van der Waals surface area contributed by atoms with Gasteiger partial charge in [0.2, 0.25) is 5.13 Å². The van der Waals surface area contributed by atoms with E-state index in [1.165, 1.54) is 27.7 Å². The Bertz CT molecular complexity index is 1450. The summed E-state index contributed by atoms with van der Waals surface area (Å²) in [5.41, 5.74) is 1.69. The summed E-state index contributed by atoms with van der Waals surface area (Å²) in [6.07, 6.45) is 1.65. The molecule has 31 heavy (non-hydrogen) atoms. The van der Waals surface area contributed by atoms with Gasteiger partial charge in [0, 0.05) is 14.6 Å². The molecule has 2 heterocycles. The highest BCUT2D eigenvalue weighted by Gasteiger charge is 2.26. The average Bonchev–Trinajstić information content (AvgIpc) is 3.35. The van der Waals surface area contributed by atoms with Crippen molar-refractivity contribution in [2.45, 2.75) is 0 Å². The Morgan fingerprint density at radius 2 is 1.77 bits per heavy atom. The first-order valence-electron chi connectivity index (χ1n) is 9.27. The maximum absolute atomic E-state index is 13.6. The van der Waals surface area contributed by atoms with E-state index >= 15 is 0 Å². The van der Waals surface area contributed by atoms with Gasteiger partial charge in [0.1, 0.15) is 4.88 Å². The van der Waals surface area contributed by atoms with Crippen LogP contribution in [0.1, 0.15) is 15.2 Å². The van der Waals surface area contributed by atoms with Gasteiger partial charge in [0.05, 0.1) is 21.5 Å². The molecule has 5 rings (SSSR count). The summed E-state index contributed by atoms with van der Waals surface area (Å²) >= 11 is 12.8. The quantitative estimate of drug-likeness (QED) is 0.179. The van der Waals surface area contributed by atoms with Gasteiger partial charge in [-0.1, -0.05) is 87.4 Å². The summed E-state index contributed by atoms with van der Waals surface area (Å²) in [5, 5.41) is 7.63. The molecule has 3 aromatic carbocycles. The van der Waals surface area contributed by atoms with Crippen LogP contribution in [0.2, 0.25) is 5.02 Å². The van der Waals surface area contributed by atoms with E-state index in [0.29, 0.717) is 15.0 Å². The zero-order valence-electron chi connectivity index (χ0n) is 15.8. The van der Waals surface area contributed by atoms with Gasteiger partial charge < -0.3 is 0 Å². The minimum Gasteiger partial charge on any atom is -0.266 e. The van der Waals surface area contributed by atoms with Crippen molar-refractivity contribution < 1.29 is 4.79 Å². The van der Waals surface area contributed by atoms with Crippen LogP contribution in [-0.4, -0.2) is 17.1 Å². The fraction of sp³-hybridized carbons (Fsp3) is 0. The molecule has 0 unspecified atom stereocenters. The molecule has 5 aromatic rings. The van der Waals surface area contributed by atoms with Crippen molar-refractivity contribution in [1.82, 2.24) is 4.98 Å². The Kier molecular flexibility index (Phi) is 5.58. The highest BCUT2D eigenvalue weighted by molar-refractivity contribution is 9.10. The van der Waals surface area contributed by atoms with E-state index in [1.54, 1.807) is 6.21 Å². The zero-order chi connectivity index (χ0) is 21.4. The molecule has 152 valence electrons. The van der Waals surface area contributed by atoms with Crippen molar-refractivity contribution in [2.24, 2.45) is 5.10 Å². The molecular weight excluding hydrogens is 514 g/mol. The van der Waals surface area contributed by atoms with Gasteiger partial charge in [-0.25, -0.2) is 4.98 Å². The topological polar surface area (TPSA) is 45.6 Å². The monoisotopic (exact) mass is 525 g/mol. The number of carbonyl (C=O) groups is 1. The number of thiophene rings is 1. The first-order valence-corrected chi connectivity index (χ1v) is 12.1. The van der Waals surface area contributed by atoms with Crippen LogP contribution in [0.3, 0.4) is 0 Å². The number of thiazole rings is 1. The van der Waals surface area contributed by atoms with Gasteiger partial charge in [0.25, 0.3) is 5.91 Å². The molecule has 0 bridgehead atoms. The van der Waals surface area contributed by atoms with E-state index in [2.05, 4.69) is 26.0 Å². The van der Waals surface area contributed by atoms with Gasteiger partial charge >= 0.3 is 0 Å². The van der Waals surface area contributed by atoms with Crippen LogP contribution in [0.5, 0.6) is 0 Å². The molecule has 0 N–H and O–H groups in total. The number of carbonyl (C=O) groups excluding carboxylic acids is 1. The van der Waals surface area contributed by atoms with Crippen LogP contribution in [0, 0.1) is 0 Å². The SMILES string of the molecule is O=C(c1sc2ccccc2c1Cl)N(/N=C/c1ccccc1)c1nc2ccc(Br)cc2s1. The lowest BCUT2D eigenvalue weighted by atomic mass is 10.2. The molecule has 0 saturated heterocycles. The van der Waals surface area contributed by atoms with Gasteiger partial charge in [-0.2, -0.15) is 10.1 Å². The van der Waals surface area contributed by atoms with Crippen molar-refractivity contribution >= 4 is 87.8 Å². The highest BCUT2D eigenvalue weighted by atomic mass is 79.9. The third kappa shape index (κ3) is 4.02. The van der Waals surface area contributed by atoms with Crippen molar-refractivity contribution in [3.8, 4) is 0 Å². The standard InChI is InChI=1S/C23H13BrClN3OS2/c24-15-10-11-17-19(12-15)31-23(27-17)28(26-13-14-6-2-1-3-7-14)22(29)21-20(25)16-8-4-5-9-18(16)30-21/h1-13H/b26-13+. The Hall–Kier alpha value is -2.58. The summed E-state index contributed by atoms with van der Waals surface area (Å²) in [4.78, 5) is 18.7. The number of rotatable bonds is 4. The third-order valence-electron chi connectivity index (χ3n) is 4.56. The number of hydrazone groups is 1. The molecule has 0 fully saturated rings. The lowest BCUT2D eigenvalue weighted by molar-refractivity contribution is 0.0992. The van der Waals surface area contributed by atoms with Crippen LogP contribution in [0.4, 0.5) is 5.13 Å². The third-order valence-corrected chi connectivity index (χ3v) is 7.71. The minimum absolute atomic E-state index is 0.309. The van der Waals surface area contributed by atoms with E-state index in [4.69, 9.17) is 11.6 Å². The minimum atomic E-state index is -0.309. The Morgan fingerprint density at radius 3 is 2.58 bits per heavy atom. The van der Waals surface area contributed by atoms with Crippen LogP contribution in [0.25, 0.3) is 20.3 Å². The largest absolute Gasteiger partial charge is 0.292 e. The van der Waals surface area contributed by atoms with Gasteiger partial charge in [0.15, 0.2) is 0 Å². The summed E-state index contributed by atoms with van der Waals surface area (Å²) in [7, 11) is 0. The predicted octanol–water partition coefficient (Wildman–Crippen LogP) is 7.61. The number of hydrogen-bond donors (Lipinski definition) is 0. The maximum atomic E-state index is 13.6. The van der Waals surface area contributed by atoms with Crippen LogP contribution in [-0.2, 0) is 0 Å². The number of fused-ring (bicyclic) bond motifs is 2. The normalized spacial score (nSPS) is 11.5. The number of anilines is 1. The molecule has 0 aliphatic heterocycles. The summed E-state index contributed by atoms with van der Waals surface area (Å²) < 4.78 is 2.86. The summed E-state index contributed by atoms with van der Waals surface area (Å²) in [5.74, 6) is -0.309. The molecule has 0 atom stereocenters. The van der Waals surface area contributed by atoms with E-state index in [0.717, 1.165) is 30.3 Å². The van der Waals surface area contributed by atoms with Crippen molar-refractivity contribution in [3.05, 3.63) is 92.7 Å². The molecule has 4 nitrogen and oxygen atoms in total. The van der Waals surface area contributed by atoms with Crippen LogP contribution < -0.4 is 5.01 Å². The number of nitrogens with zero attached hydrogens (tertiary/aromatic N) is 3. The summed E-state index contributed by atoms with van der Waals surface area (Å²) in [6, 6.07) is 23.1. The van der Waals surface area contributed by atoms with Gasteiger partial charge in [-0.05, 0) is 29.8 Å².